The van der Waals surface area contributed by atoms with E-state index in [9.17, 15) is 4.79 Å². The van der Waals surface area contributed by atoms with Crippen molar-refractivity contribution >= 4 is 16.7 Å². The second-order valence-corrected chi connectivity index (χ2v) is 6.23. The number of aromatic nitrogens is 2. The molecule has 0 saturated heterocycles. The van der Waals surface area contributed by atoms with Crippen molar-refractivity contribution in [3.05, 3.63) is 72.6 Å². The summed E-state index contributed by atoms with van der Waals surface area (Å²) in [7, 11) is 1.62. The van der Waals surface area contributed by atoms with Crippen LogP contribution in [-0.2, 0) is 11.2 Å². The van der Waals surface area contributed by atoms with Crippen LogP contribution in [0.2, 0.25) is 0 Å². The summed E-state index contributed by atoms with van der Waals surface area (Å²) in [5.41, 5.74) is 0.867. The highest BCUT2D eigenvalue weighted by atomic mass is 16.5. The largest absolute Gasteiger partial charge is 0.497 e. The van der Waals surface area contributed by atoms with E-state index in [2.05, 4.69) is 10.1 Å². The minimum absolute atomic E-state index is 0.145. The molecule has 0 saturated carbocycles. The van der Waals surface area contributed by atoms with Gasteiger partial charge in [0.05, 0.1) is 13.5 Å². The Morgan fingerprint density at radius 3 is 2.50 bits per heavy atom. The Morgan fingerprint density at radius 2 is 1.71 bits per heavy atom. The van der Waals surface area contributed by atoms with Crippen LogP contribution >= 0.6 is 0 Å². The zero-order valence-corrected chi connectivity index (χ0v) is 15.3. The molecule has 0 unspecified atom stereocenters. The molecule has 140 valence electrons. The van der Waals surface area contributed by atoms with Crippen molar-refractivity contribution in [1.82, 2.24) is 10.1 Å². The average Bonchev–Trinajstić information content (AvgIpc) is 3.21. The number of nitrogens with zero attached hydrogens (tertiary/aromatic N) is 2. The van der Waals surface area contributed by atoms with Gasteiger partial charge in [-0.05, 0) is 35.0 Å². The van der Waals surface area contributed by atoms with Gasteiger partial charge >= 0.3 is 5.97 Å². The lowest BCUT2D eigenvalue weighted by atomic mass is 10.1. The molecule has 6 heteroatoms. The zero-order valence-electron chi connectivity index (χ0n) is 15.3. The third kappa shape index (κ3) is 4.01. The van der Waals surface area contributed by atoms with Crippen molar-refractivity contribution in [1.29, 1.82) is 0 Å². The molecule has 1 heterocycles. The number of esters is 1. The lowest BCUT2D eigenvalue weighted by Gasteiger charge is -2.06. The Labute approximate surface area is 161 Å². The van der Waals surface area contributed by atoms with Crippen molar-refractivity contribution in [2.45, 2.75) is 12.8 Å². The molecule has 4 aromatic rings. The quantitative estimate of drug-likeness (QED) is 0.367. The highest BCUT2D eigenvalue weighted by Crippen LogP contribution is 2.25. The van der Waals surface area contributed by atoms with Gasteiger partial charge in [-0.25, -0.2) is 0 Å². The number of benzene rings is 3. The Hall–Kier alpha value is -3.67. The van der Waals surface area contributed by atoms with Gasteiger partial charge in [-0.15, -0.1) is 0 Å². The molecule has 0 aliphatic rings. The first-order valence-corrected chi connectivity index (χ1v) is 8.88. The van der Waals surface area contributed by atoms with E-state index in [0.717, 1.165) is 22.1 Å². The first-order chi connectivity index (χ1) is 13.7. The number of carbonyl (C=O) groups excluding carboxylic acids is 1. The first kappa shape index (κ1) is 17.7. The third-order valence-electron chi connectivity index (χ3n) is 4.29. The summed E-state index contributed by atoms with van der Waals surface area (Å²) >= 11 is 0. The van der Waals surface area contributed by atoms with Gasteiger partial charge in [-0.3, -0.25) is 4.79 Å². The molecular weight excluding hydrogens is 356 g/mol. The van der Waals surface area contributed by atoms with E-state index in [4.69, 9.17) is 14.0 Å². The maximum absolute atomic E-state index is 12.2. The third-order valence-corrected chi connectivity index (χ3v) is 4.29. The van der Waals surface area contributed by atoms with E-state index in [1.165, 1.54) is 0 Å². The molecule has 0 spiro atoms. The number of hydrogen-bond acceptors (Lipinski definition) is 6. The van der Waals surface area contributed by atoms with Gasteiger partial charge < -0.3 is 14.0 Å². The zero-order chi connectivity index (χ0) is 19.3. The van der Waals surface area contributed by atoms with Crippen molar-refractivity contribution in [3.8, 4) is 22.9 Å². The van der Waals surface area contributed by atoms with Crippen molar-refractivity contribution in [3.63, 3.8) is 0 Å². The van der Waals surface area contributed by atoms with E-state index in [1.807, 2.05) is 60.7 Å². The van der Waals surface area contributed by atoms with E-state index in [-0.39, 0.29) is 12.4 Å². The summed E-state index contributed by atoms with van der Waals surface area (Å²) in [5, 5.41) is 5.93. The van der Waals surface area contributed by atoms with Gasteiger partial charge in [0.15, 0.2) is 0 Å². The summed E-state index contributed by atoms with van der Waals surface area (Å²) in [6.07, 6.45) is 0.465. The Balaban J connectivity index is 1.38. The fourth-order valence-electron chi connectivity index (χ4n) is 2.85. The molecule has 0 bridgehead atoms. The fraction of sp³-hybridized carbons (Fsp3) is 0.136. The average molecular weight is 374 g/mol. The highest BCUT2D eigenvalue weighted by molar-refractivity contribution is 5.86. The number of rotatable bonds is 6. The second-order valence-electron chi connectivity index (χ2n) is 6.23. The van der Waals surface area contributed by atoms with Crippen molar-refractivity contribution in [2.75, 3.05) is 7.11 Å². The molecule has 0 radical (unpaired) electrons. The van der Waals surface area contributed by atoms with Crippen LogP contribution in [-0.4, -0.2) is 23.2 Å². The van der Waals surface area contributed by atoms with Crippen LogP contribution in [0, 0.1) is 0 Å². The van der Waals surface area contributed by atoms with Gasteiger partial charge in [0.2, 0.25) is 11.7 Å². The monoisotopic (exact) mass is 374 g/mol. The van der Waals surface area contributed by atoms with Gasteiger partial charge in [-0.2, -0.15) is 4.98 Å². The summed E-state index contributed by atoms with van der Waals surface area (Å²) in [6.45, 7) is 0. The molecule has 0 amide bonds. The lowest BCUT2D eigenvalue weighted by molar-refractivity contribution is -0.134. The van der Waals surface area contributed by atoms with E-state index >= 15 is 0 Å². The van der Waals surface area contributed by atoms with Crippen LogP contribution in [0.15, 0.2) is 71.3 Å². The SMILES string of the molecule is COc1ccc2ccc(OC(=O)CCc3nc(-c4ccccc4)no3)cc2c1. The van der Waals surface area contributed by atoms with Gasteiger partial charge in [-0.1, -0.05) is 47.6 Å². The van der Waals surface area contributed by atoms with Crippen LogP contribution in [0.3, 0.4) is 0 Å². The molecule has 0 N–H and O–H groups in total. The molecule has 0 aliphatic carbocycles. The molecule has 0 atom stereocenters. The van der Waals surface area contributed by atoms with Crippen LogP contribution in [0.1, 0.15) is 12.3 Å². The van der Waals surface area contributed by atoms with Gasteiger partial charge in [0, 0.05) is 12.0 Å². The number of fused-ring (bicyclic) bond motifs is 1. The van der Waals surface area contributed by atoms with Crippen LogP contribution in [0.5, 0.6) is 11.5 Å². The van der Waals surface area contributed by atoms with Gasteiger partial charge in [0.25, 0.3) is 0 Å². The summed E-state index contributed by atoms with van der Waals surface area (Å²) in [5.74, 6) is 1.79. The number of methoxy groups -OCH3 is 1. The normalized spacial score (nSPS) is 10.8. The molecule has 6 nitrogen and oxygen atoms in total. The Morgan fingerprint density at radius 1 is 0.964 bits per heavy atom. The number of hydrogen-bond donors (Lipinski definition) is 0. The molecule has 4 rings (SSSR count). The topological polar surface area (TPSA) is 74.5 Å². The molecule has 0 aliphatic heterocycles. The summed E-state index contributed by atoms with van der Waals surface area (Å²) in [4.78, 5) is 16.5. The van der Waals surface area contributed by atoms with Crippen LogP contribution < -0.4 is 9.47 Å². The standard InChI is InChI=1S/C22H18N2O4/c1-26-18-9-7-15-8-10-19(14-17(15)13-18)27-21(25)12-11-20-23-22(24-28-20)16-5-3-2-4-6-16/h2-10,13-14H,11-12H2,1H3. The summed E-state index contributed by atoms with van der Waals surface area (Å²) < 4.78 is 15.9. The highest BCUT2D eigenvalue weighted by Gasteiger charge is 2.12. The number of carbonyl (C=O) groups is 1. The predicted molar refractivity (Wildman–Crippen MR) is 104 cm³/mol. The molecule has 1 aromatic heterocycles. The lowest BCUT2D eigenvalue weighted by Crippen LogP contribution is -2.09. The smallest absolute Gasteiger partial charge is 0.311 e. The first-order valence-electron chi connectivity index (χ1n) is 8.88. The number of ether oxygens (including phenoxy) is 2. The fourth-order valence-corrected chi connectivity index (χ4v) is 2.85. The maximum Gasteiger partial charge on any atom is 0.311 e. The molecule has 3 aromatic carbocycles. The minimum atomic E-state index is -0.360. The van der Waals surface area contributed by atoms with Gasteiger partial charge in [0.1, 0.15) is 11.5 Å². The molecule has 0 fully saturated rings. The predicted octanol–water partition coefficient (Wildman–Crippen LogP) is 4.44. The van der Waals surface area contributed by atoms with Crippen molar-refractivity contribution in [2.24, 2.45) is 0 Å². The van der Waals surface area contributed by atoms with Crippen LogP contribution in [0.25, 0.3) is 22.2 Å². The minimum Gasteiger partial charge on any atom is -0.497 e. The van der Waals surface area contributed by atoms with E-state index in [1.54, 1.807) is 13.2 Å². The van der Waals surface area contributed by atoms with Crippen molar-refractivity contribution < 1.29 is 18.8 Å². The summed E-state index contributed by atoms with van der Waals surface area (Å²) in [6, 6.07) is 20.8. The Kier molecular flexibility index (Phi) is 5.01. The molecule has 28 heavy (non-hydrogen) atoms. The van der Waals surface area contributed by atoms with Crippen LogP contribution in [0.4, 0.5) is 0 Å². The molecular formula is C22H18N2O4. The van der Waals surface area contributed by atoms with E-state index < -0.39 is 0 Å². The number of aryl methyl sites for hydroxylation is 1. The second kappa shape index (κ2) is 7.92. The maximum atomic E-state index is 12.2. The Bertz CT molecular complexity index is 1110. The van der Waals surface area contributed by atoms with E-state index in [0.29, 0.717) is 23.9 Å².